The molecule has 0 saturated carbocycles. The molecule has 0 radical (unpaired) electrons. The number of urea groups is 1. The number of rotatable bonds is 3. The number of nitrogens with zero attached hydrogens (tertiary/aromatic N) is 2. The maximum Gasteiger partial charge on any atom is 0.321 e. The highest BCUT2D eigenvalue weighted by molar-refractivity contribution is 6.09. The second-order valence-electron chi connectivity index (χ2n) is 5.88. The minimum atomic E-state index is -0.235. The average molecular weight is 335 g/mol. The van der Waals surface area contributed by atoms with Crippen molar-refractivity contribution in [2.24, 2.45) is 0 Å². The van der Waals surface area contributed by atoms with E-state index in [1.165, 1.54) is 0 Å². The van der Waals surface area contributed by atoms with Crippen LogP contribution in [0.2, 0.25) is 0 Å². The predicted octanol–water partition coefficient (Wildman–Crippen LogP) is 2.73. The van der Waals surface area contributed by atoms with E-state index < -0.39 is 0 Å². The molecule has 0 aliphatic carbocycles. The maximum absolute atomic E-state index is 12.6. The number of H-pyrrole nitrogens is 1. The number of nitrogens with one attached hydrogen (secondary N) is 3. The highest BCUT2D eigenvalue weighted by Crippen LogP contribution is 2.23. The Morgan fingerprint density at radius 2 is 2.08 bits per heavy atom. The summed E-state index contributed by atoms with van der Waals surface area (Å²) in [5.41, 5.74) is 2.65. The lowest BCUT2D eigenvalue weighted by Crippen LogP contribution is -2.46. The summed E-state index contributed by atoms with van der Waals surface area (Å²) in [6.07, 6.45) is 2.59. The Morgan fingerprint density at radius 1 is 1.20 bits per heavy atom. The molecule has 126 valence electrons. The van der Waals surface area contributed by atoms with Crippen molar-refractivity contribution in [1.82, 2.24) is 15.5 Å². The number of benzene rings is 2. The molecule has 3 N–H and O–H groups in total. The fraction of sp³-hybridized carbons (Fsp3) is 0.167. The molecule has 1 aromatic heterocycles. The molecule has 3 amide bonds. The lowest BCUT2D eigenvalue weighted by atomic mass is 10.1. The molecule has 0 spiro atoms. The standard InChI is InChI=1S/C18H17N5O2/c24-17(21-15-7-2-5-13-11-20-22-16(13)15)12-4-1-6-14(10-12)23-9-3-8-19-18(23)25/h1-2,4-7,10-11H,3,8-9H2,(H,19,25)(H,20,22)(H,21,24). The van der Waals surface area contributed by atoms with Crippen LogP contribution in [-0.4, -0.2) is 35.2 Å². The first kappa shape index (κ1) is 15.2. The second kappa shape index (κ2) is 6.27. The normalized spacial score (nSPS) is 14.4. The summed E-state index contributed by atoms with van der Waals surface area (Å²) in [5, 5.41) is 13.5. The SMILES string of the molecule is O=C(Nc1cccc2cn[nH]c12)c1cccc(N2CCCNC2=O)c1. The third kappa shape index (κ3) is 2.91. The summed E-state index contributed by atoms with van der Waals surface area (Å²) in [6.45, 7) is 1.33. The second-order valence-corrected chi connectivity index (χ2v) is 5.88. The van der Waals surface area contributed by atoms with Crippen molar-refractivity contribution in [3.63, 3.8) is 0 Å². The van der Waals surface area contributed by atoms with Gasteiger partial charge in [0.1, 0.15) is 0 Å². The maximum atomic E-state index is 12.6. The van der Waals surface area contributed by atoms with Crippen LogP contribution in [0.3, 0.4) is 0 Å². The minimum absolute atomic E-state index is 0.133. The van der Waals surface area contributed by atoms with E-state index >= 15 is 0 Å². The van der Waals surface area contributed by atoms with Gasteiger partial charge in [0.15, 0.2) is 0 Å². The number of carbonyl (C=O) groups excluding carboxylic acids is 2. The van der Waals surface area contributed by atoms with Crippen molar-refractivity contribution in [1.29, 1.82) is 0 Å². The van der Waals surface area contributed by atoms with E-state index in [0.29, 0.717) is 30.0 Å². The molecule has 1 aliphatic heterocycles. The Balaban J connectivity index is 1.59. The lowest BCUT2D eigenvalue weighted by Gasteiger charge is -2.27. The van der Waals surface area contributed by atoms with Crippen LogP contribution in [0.15, 0.2) is 48.7 Å². The van der Waals surface area contributed by atoms with Gasteiger partial charge in [0.05, 0.1) is 17.4 Å². The molecular weight excluding hydrogens is 318 g/mol. The smallest absolute Gasteiger partial charge is 0.321 e. The van der Waals surface area contributed by atoms with Gasteiger partial charge in [0, 0.05) is 29.7 Å². The number of hydrogen-bond donors (Lipinski definition) is 3. The third-order valence-corrected chi connectivity index (χ3v) is 4.22. The fourth-order valence-electron chi connectivity index (χ4n) is 2.96. The van der Waals surface area contributed by atoms with E-state index in [1.807, 2.05) is 24.3 Å². The first-order valence-electron chi connectivity index (χ1n) is 8.11. The number of amides is 3. The monoisotopic (exact) mass is 335 g/mol. The first-order chi connectivity index (χ1) is 12.2. The van der Waals surface area contributed by atoms with Crippen molar-refractivity contribution in [2.75, 3.05) is 23.3 Å². The summed E-state index contributed by atoms with van der Waals surface area (Å²) in [5.74, 6) is -0.235. The molecule has 3 aromatic rings. The molecule has 2 aromatic carbocycles. The quantitative estimate of drug-likeness (QED) is 0.687. The molecule has 2 heterocycles. The molecule has 1 aliphatic rings. The molecule has 25 heavy (non-hydrogen) atoms. The van der Waals surface area contributed by atoms with Crippen molar-refractivity contribution in [3.8, 4) is 0 Å². The number of anilines is 2. The van der Waals surface area contributed by atoms with E-state index in [4.69, 9.17) is 0 Å². The first-order valence-corrected chi connectivity index (χ1v) is 8.11. The zero-order valence-corrected chi connectivity index (χ0v) is 13.5. The van der Waals surface area contributed by atoms with Crippen LogP contribution in [0.4, 0.5) is 16.2 Å². The number of aromatic amines is 1. The molecule has 1 fully saturated rings. The van der Waals surface area contributed by atoms with Crippen LogP contribution in [0.1, 0.15) is 16.8 Å². The van der Waals surface area contributed by atoms with Crippen molar-refractivity contribution >= 4 is 34.2 Å². The fourth-order valence-corrected chi connectivity index (χ4v) is 2.96. The van der Waals surface area contributed by atoms with E-state index in [9.17, 15) is 9.59 Å². The van der Waals surface area contributed by atoms with E-state index in [2.05, 4.69) is 20.8 Å². The van der Waals surface area contributed by atoms with Gasteiger partial charge in [-0.2, -0.15) is 5.10 Å². The van der Waals surface area contributed by atoms with Crippen LogP contribution < -0.4 is 15.5 Å². The average Bonchev–Trinajstić information content (AvgIpc) is 3.12. The zero-order valence-electron chi connectivity index (χ0n) is 13.5. The summed E-state index contributed by atoms with van der Waals surface area (Å²) in [4.78, 5) is 26.3. The molecule has 7 nitrogen and oxygen atoms in total. The van der Waals surface area contributed by atoms with Crippen molar-refractivity contribution < 1.29 is 9.59 Å². The van der Waals surface area contributed by atoms with Crippen LogP contribution in [-0.2, 0) is 0 Å². The Morgan fingerprint density at radius 3 is 2.96 bits per heavy atom. The Hall–Kier alpha value is -3.35. The Labute approximate surface area is 144 Å². The molecule has 7 heteroatoms. The van der Waals surface area contributed by atoms with Gasteiger partial charge in [-0.05, 0) is 30.7 Å². The van der Waals surface area contributed by atoms with Gasteiger partial charge in [-0.3, -0.25) is 14.8 Å². The van der Waals surface area contributed by atoms with Crippen LogP contribution in [0, 0.1) is 0 Å². The zero-order chi connectivity index (χ0) is 17.2. The largest absolute Gasteiger partial charge is 0.338 e. The Bertz CT molecular complexity index is 949. The van der Waals surface area contributed by atoms with Gasteiger partial charge in [-0.25, -0.2) is 4.79 Å². The number of para-hydroxylation sites is 1. The molecule has 0 bridgehead atoms. The number of aromatic nitrogens is 2. The van der Waals surface area contributed by atoms with E-state index in [-0.39, 0.29) is 11.9 Å². The van der Waals surface area contributed by atoms with Gasteiger partial charge in [-0.15, -0.1) is 0 Å². The minimum Gasteiger partial charge on any atom is -0.338 e. The topological polar surface area (TPSA) is 90.1 Å². The van der Waals surface area contributed by atoms with Crippen LogP contribution >= 0.6 is 0 Å². The van der Waals surface area contributed by atoms with Gasteiger partial charge in [0.25, 0.3) is 5.91 Å². The van der Waals surface area contributed by atoms with Crippen LogP contribution in [0.25, 0.3) is 10.9 Å². The summed E-state index contributed by atoms with van der Waals surface area (Å²) in [6, 6.07) is 12.5. The molecular formula is C18H17N5O2. The lowest BCUT2D eigenvalue weighted by molar-refractivity contribution is 0.102. The summed E-state index contributed by atoms with van der Waals surface area (Å²) < 4.78 is 0. The van der Waals surface area contributed by atoms with Crippen molar-refractivity contribution in [3.05, 3.63) is 54.2 Å². The number of hydrogen-bond acceptors (Lipinski definition) is 3. The molecule has 0 atom stereocenters. The third-order valence-electron chi connectivity index (χ3n) is 4.22. The van der Waals surface area contributed by atoms with Gasteiger partial charge >= 0.3 is 6.03 Å². The van der Waals surface area contributed by atoms with Gasteiger partial charge in [0.2, 0.25) is 0 Å². The van der Waals surface area contributed by atoms with Gasteiger partial charge < -0.3 is 10.6 Å². The highest BCUT2D eigenvalue weighted by atomic mass is 16.2. The molecule has 1 saturated heterocycles. The molecule has 4 rings (SSSR count). The van der Waals surface area contributed by atoms with Crippen molar-refractivity contribution in [2.45, 2.75) is 6.42 Å². The van der Waals surface area contributed by atoms with Gasteiger partial charge in [-0.1, -0.05) is 18.2 Å². The summed E-state index contributed by atoms with van der Waals surface area (Å²) in [7, 11) is 0. The van der Waals surface area contributed by atoms with Crippen LogP contribution in [0.5, 0.6) is 0 Å². The molecule has 0 unspecified atom stereocenters. The van der Waals surface area contributed by atoms with E-state index in [1.54, 1.807) is 29.3 Å². The number of carbonyl (C=O) groups is 2. The predicted molar refractivity (Wildman–Crippen MR) is 95.9 cm³/mol. The highest BCUT2D eigenvalue weighted by Gasteiger charge is 2.20. The van der Waals surface area contributed by atoms with E-state index in [0.717, 1.165) is 17.3 Å². The Kier molecular flexibility index (Phi) is 3.81. The number of fused-ring (bicyclic) bond motifs is 1. The summed E-state index contributed by atoms with van der Waals surface area (Å²) >= 11 is 0.